The number of imidazole rings is 1. The fourth-order valence-corrected chi connectivity index (χ4v) is 3.81. The number of benzene rings is 1. The molecule has 1 fully saturated rings. The fraction of sp³-hybridized carbons (Fsp3) is 0.500. The Morgan fingerprint density at radius 1 is 1.44 bits per heavy atom. The minimum Gasteiger partial charge on any atom is -0.330 e. The number of nitrogens with one attached hydrogen (secondary N) is 1. The number of nitrogens with zero attached hydrogens (tertiary/aromatic N) is 2. The molecule has 0 aliphatic carbocycles. The highest BCUT2D eigenvalue weighted by Gasteiger charge is 2.20. The number of fused-ring (bicyclic) bond motifs is 1. The van der Waals surface area contributed by atoms with E-state index in [1.807, 2.05) is 17.8 Å². The normalized spacial score (nSPS) is 21.6. The highest BCUT2D eigenvalue weighted by Crippen LogP contribution is 2.23. The number of aromatic nitrogens is 2. The van der Waals surface area contributed by atoms with Gasteiger partial charge < -0.3 is 9.88 Å². The smallest absolute Gasteiger partial charge is 0.126 e. The van der Waals surface area contributed by atoms with Crippen molar-refractivity contribution in [3.63, 3.8) is 0 Å². The minimum absolute atomic E-state index is 0.311. The average molecular weight is 261 g/mol. The molecular formula is C14H19N3S. The monoisotopic (exact) mass is 261 g/mol. The van der Waals surface area contributed by atoms with Crippen LogP contribution >= 0.6 is 11.8 Å². The maximum Gasteiger partial charge on any atom is 0.126 e. The predicted molar refractivity (Wildman–Crippen MR) is 78.0 cm³/mol. The van der Waals surface area contributed by atoms with E-state index in [0.717, 1.165) is 11.3 Å². The lowest BCUT2D eigenvalue weighted by Gasteiger charge is -2.18. The molecule has 18 heavy (non-hydrogen) atoms. The molecule has 1 saturated heterocycles. The van der Waals surface area contributed by atoms with E-state index in [1.54, 1.807) is 0 Å². The lowest BCUT2D eigenvalue weighted by Crippen LogP contribution is -2.32. The quantitative estimate of drug-likeness (QED) is 0.921. The van der Waals surface area contributed by atoms with E-state index >= 15 is 0 Å². The summed E-state index contributed by atoms with van der Waals surface area (Å²) in [6.07, 6.45) is 1.28. The van der Waals surface area contributed by atoms with Crippen LogP contribution in [0.15, 0.2) is 24.3 Å². The molecule has 96 valence electrons. The van der Waals surface area contributed by atoms with Crippen LogP contribution in [0.5, 0.6) is 0 Å². The molecule has 0 amide bonds. The third-order valence-corrected chi connectivity index (χ3v) is 4.79. The van der Waals surface area contributed by atoms with Crippen LogP contribution in [0.4, 0.5) is 0 Å². The molecule has 3 nitrogen and oxygen atoms in total. The van der Waals surface area contributed by atoms with E-state index in [9.17, 15) is 0 Å². The molecule has 1 aliphatic heterocycles. The lowest BCUT2D eigenvalue weighted by atomic mass is 10.2. The third-order valence-electron chi connectivity index (χ3n) is 3.62. The molecule has 2 heterocycles. The van der Waals surface area contributed by atoms with Crippen molar-refractivity contribution in [2.24, 2.45) is 7.05 Å². The van der Waals surface area contributed by atoms with Crippen LogP contribution in [0.25, 0.3) is 11.0 Å². The van der Waals surface area contributed by atoms with Crippen LogP contribution < -0.4 is 5.32 Å². The highest BCUT2D eigenvalue weighted by molar-refractivity contribution is 7.99. The van der Waals surface area contributed by atoms with Crippen molar-refractivity contribution in [1.29, 1.82) is 0 Å². The van der Waals surface area contributed by atoms with Gasteiger partial charge in [0, 0.05) is 18.8 Å². The van der Waals surface area contributed by atoms with Gasteiger partial charge in [-0.3, -0.25) is 0 Å². The highest BCUT2D eigenvalue weighted by atomic mass is 32.2. The van der Waals surface area contributed by atoms with Crippen LogP contribution in [-0.4, -0.2) is 27.1 Å². The molecule has 3 rings (SSSR count). The average Bonchev–Trinajstić information content (AvgIpc) is 2.98. The molecule has 1 aromatic heterocycles. The summed E-state index contributed by atoms with van der Waals surface area (Å²) in [7, 11) is 2.10. The summed E-state index contributed by atoms with van der Waals surface area (Å²) in [5.74, 6) is 3.65. The molecule has 0 spiro atoms. The van der Waals surface area contributed by atoms with E-state index in [0.29, 0.717) is 12.1 Å². The van der Waals surface area contributed by atoms with E-state index in [4.69, 9.17) is 4.98 Å². The molecule has 2 unspecified atom stereocenters. The Kier molecular flexibility index (Phi) is 3.31. The summed E-state index contributed by atoms with van der Waals surface area (Å²) >= 11 is 2.04. The van der Waals surface area contributed by atoms with Crippen molar-refractivity contribution in [3.8, 4) is 0 Å². The Bertz CT molecular complexity index is 543. The molecule has 2 atom stereocenters. The number of para-hydroxylation sites is 2. The van der Waals surface area contributed by atoms with Gasteiger partial charge in [-0.15, -0.1) is 0 Å². The van der Waals surface area contributed by atoms with Crippen molar-refractivity contribution in [2.75, 3.05) is 11.5 Å². The van der Waals surface area contributed by atoms with Gasteiger partial charge in [0.15, 0.2) is 0 Å². The Labute approximate surface area is 112 Å². The SMILES string of the molecule is CC(NC1CCSC1)c1nc2ccccc2n1C. The zero-order chi connectivity index (χ0) is 12.5. The number of rotatable bonds is 3. The molecule has 1 N–H and O–H groups in total. The van der Waals surface area contributed by atoms with Crippen molar-refractivity contribution in [2.45, 2.75) is 25.4 Å². The zero-order valence-corrected chi connectivity index (χ0v) is 11.7. The summed E-state index contributed by atoms with van der Waals surface area (Å²) in [4.78, 5) is 4.75. The maximum absolute atomic E-state index is 4.75. The minimum atomic E-state index is 0.311. The van der Waals surface area contributed by atoms with Gasteiger partial charge >= 0.3 is 0 Å². The predicted octanol–water partition coefficient (Wildman–Crippen LogP) is 2.73. The van der Waals surface area contributed by atoms with E-state index in [-0.39, 0.29) is 0 Å². The first-order valence-corrected chi connectivity index (χ1v) is 7.66. The standard InChI is InChI=1S/C14H19N3S/c1-10(15-11-7-8-18-9-11)14-16-12-5-3-4-6-13(12)17(14)2/h3-6,10-11,15H,7-9H2,1-2H3. The molecule has 1 aromatic carbocycles. The number of hydrogen-bond acceptors (Lipinski definition) is 3. The van der Waals surface area contributed by atoms with Crippen LogP contribution in [0, 0.1) is 0 Å². The summed E-state index contributed by atoms with van der Waals surface area (Å²) in [5.41, 5.74) is 2.30. The summed E-state index contributed by atoms with van der Waals surface area (Å²) < 4.78 is 2.20. The van der Waals surface area contributed by atoms with E-state index in [2.05, 4.69) is 42.1 Å². The maximum atomic E-state index is 4.75. The van der Waals surface area contributed by atoms with E-state index < -0.39 is 0 Å². The first-order valence-electron chi connectivity index (χ1n) is 6.51. The number of thioether (sulfide) groups is 1. The summed E-state index contributed by atoms with van der Waals surface area (Å²) in [6.45, 7) is 2.21. The van der Waals surface area contributed by atoms with Crippen LogP contribution in [-0.2, 0) is 7.05 Å². The first-order chi connectivity index (χ1) is 8.75. The molecule has 1 aliphatic rings. The second kappa shape index (κ2) is 4.94. The van der Waals surface area contributed by atoms with Gasteiger partial charge in [0.05, 0.1) is 17.1 Å². The van der Waals surface area contributed by atoms with Crippen molar-refractivity contribution < 1.29 is 0 Å². The van der Waals surface area contributed by atoms with Gasteiger partial charge in [0.2, 0.25) is 0 Å². The Morgan fingerprint density at radius 3 is 3.00 bits per heavy atom. The van der Waals surface area contributed by atoms with Gasteiger partial charge in [-0.2, -0.15) is 11.8 Å². The topological polar surface area (TPSA) is 29.9 Å². The van der Waals surface area contributed by atoms with Crippen LogP contribution in [0.2, 0.25) is 0 Å². The second-order valence-corrected chi connectivity index (χ2v) is 6.12. The van der Waals surface area contributed by atoms with Gasteiger partial charge in [0.25, 0.3) is 0 Å². The van der Waals surface area contributed by atoms with Gasteiger partial charge in [0.1, 0.15) is 5.82 Å². The summed E-state index contributed by atoms with van der Waals surface area (Å²) in [6, 6.07) is 9.28. The molecule has 2 aromatic rings. The molecule has 0 saturated carbocycles. The van der Waals surface area contributed by atoms with Crippen LogP contribution in [0.1, 0.15) is 25.2 Å². The Balaban J connectivity index is 1.86. The lowest BCUT2D eigenvalue weighted by molar-refractivity contribution is 0.462. The van der Waals surface area contributed by atoms with Crippen molar-refractivity contribution >= 4 is 22.8 Å². The molecular weight excluding hydrogens is 242 g/mol. The molecule has 0 bridgehead atoms. The first kappa shape index (κ1) is 12.1. The van der Waals surface area contributed by atoms with Crippen molar-refractivity contribution in [1.82, 2.24) is 14.9 Å². The fourth-order valence-electron chi connectivity index (χ4n) is 2.65. The van der Waals surface area contributed by atoms with Gasteiger partial charge in [-0.05, 0) is 31.2 Å². The Morgan fingerprint density at radius 2 is 2.28 bits per heavy atom. The number of hydrogen-bond donors (Lipinski definition) is 1. The largest absolute Gasteiger partial charge is 0.330 e. The zero-order valence-electron chi connectivity index (χ0n) is 10.9. The Hall–Kier alpha value is -1.00. The second-order valence-electron chi connectivity index (χ2n) is 4.97. The van der Waals surface area contributed by atoms with Crippen LogP contribution in [0.3, 0.4) is 0 Å². The molecule has 0 radical (unpaired) electrons. The summed E-state index contributed by atoms with van der Waals surface area (Å²) in [5, 5.41) is 3.69. The number of aryl methyl sites for hydroxylation is 1. The third kappa shape index (κ3) is 2.15. The van der Waals surface area contributed by atoms with Gasteiger partial charge in [-0.25, -0.2) is 4.98 Å². The molecule has 4 heteroatoms. The van der Waals surface area contributed by atoms with Crippen molar-refractivity contribution in [3.05, 3.63) is 30.1 Å². The van der Waals surface area contributed by atoms with E-state index in [1.165, 1.54) is 23.4 Å². The van der Waals surface area contributed by atoms with Gasteiger partial charge in [-0.1, -0.05) is 12.1 Å².